The number of allylic oxidation sites excluding steroid dienone is 1. The maximum absolute atomic E-state index is 13.4. The number of rotatable bonds is 3. The lowest BCUT2D eigenvalue weighted by Gasteiger charge is -2.19. The molecule has 2 rings (SSSR count). The van der Waals surface area contributed by atoms with E-state index in [1.165, 1.54) is 40.9 Å². The molecule has 23 heavy (non-hydrogen) atoms. The van der Waals surface area contributed by atoms with Gasteiger partial charge in [-0.05, 0) is 17.7 Å². The van der Waals surface area contributed by atoms with E-state index in [4.69, 9.17) is 5.26 Å². The molecule has 0 unspecified atom stereocenters. The van der Waals surface area contributed by atoms with Gasteiger partial charge in [0.05, 0.1) is 22.9 Å². The molecule has 0 atom stereocenters. The molecule has 1 aromatic carbocycles. The van der Waals surface area contributed by atoms with Crippen LogP contribution in [0, 0.1) is 22.6 Å². The average Bonchev–Trinajstić information content (AvgIpc) is 2.81. The van der Waals surface area contributed by atoms with Gasteiger partial charge in [-0.2, -0.15) is 5.26 Å². The molecule has 4 nitrogen and oxygen atoms in total. The Balaban J connectivity index is 2.26. The van der Waals surface area contributed by atoms with Crippen molar-refractivity contribution < 1.29 is 14.0 Å². The second-order valence-corrected chi connectivity index (χ2v) is 7.29. The summed E-state index contributed by atoms with van der Waals surface area (Å²) < 4.78 is 13.4. The number of hydrogen-bond donors (Lipinski definition) is 0. The Morgan fingerprint density at radius 2 is 2.17 bits per heavy atom. The number of nitriles is 1. The first-order chi connectivity index (χ1) is 10.7. The van der Waals surface area contributed by atoms with Crippen molar-refractivity contribution in [3.63, 3.8) is 0 Å². The SMILES string of the molecule is CC(C)(C)C(=O)C=C1SCC(=O)N1Cc1ccc(F)c(C#N)c1. The molecule has 0 saturated carbocycles. The van der Waals surface area contributed by atoms with E-state index in [0.29, 0.717) is 10.6 Å². The zero-order chi connectivity index (χ0) is 17.2. The molecule has 1 aliphatic heterocycles. The van der Waals surface area contributed by atoms with Gasteiger partial charge in [-0.15, -0.1) is 0 Å². The number of nitrogens with zero attached hydrogens (tertiary/aromatic N) is 2. The summed E-state index contributed by atoms with van der Waals surface area (Å²) in [4.78, 5) is 25.7. The van der Waals surface area contributed by atoms with Gasteiger partial charge in [0.1, 0.15) is 11.9 Å². The first-order valence-electron chi connectivity index (χ1n) is 7.10. The first-order valence-corrected chi connectivity index (χ1v) is 8.09. The Hall–Kier alpha value is -2.13. The summed E-state index contributed by atoms with van der Waals surface area (Å²) in [6, 6.07) is 5.96. The van der Waals surface area contributed by atoms with Crippen molar-refractivity contribution in [1.82, 2.24) is 4.90 Å². The molecule has 0 bridgehead atoms. The van der Waals surface area contributed by atoms with Gasteiger partial charge < -0.3 is 4.90 Å². The number of amides is 1. The van der Waals surface area contributed by atoms with E-state index >= 15 is 0 Å². The third-order valence-corrected chi connectivity index (χ3v) is 4.42. The summed E-state index contributed by atoms with van der Waals surface area (Å²) in [5.74, 6) is -0.477. The van der Waals surface area contributed by atoms with Gasteiger partial charge in [-0.3, -0.25) is 9.59 Å². The number of carbonyl (C=O) groups is 2. The molecule has 1 amide bonds. The molecule has 1 saturated heterocycles. The van der Waals surface area contributed by atoms with Gasteiger partial charge in [0, 0.05) is 11.5 Å². The Labute approximate surface area is 139 Å². The standard InChI is InChI=1S/C17H17FN2O2S/c1-17(2,3)14(21)7-16-20(15(22)10-23-16)9-11-4-5-13(18)12(6-11)8-19/h4-7H,9-10H2,1-3H3. The molecule has 0 radical (unpaired) electrons. The smallest absolute Gasteiger partial charge is 0.238 e. The van der Waals surface area contributed by atoms with Gasteiger partial charge in [0.25, 0.3) is 0 Å². The minimum atomic E-state index is -0.586. The highest BCUT2D eigenvalue weighted by atomic mass is 32.2. The van der Waals surface area contributed by atoms with E-state index in [1.54, 1.807) is 6.07 Å². The van der Waals surface area contributed by atoms with Crippen LogP contribution in [0.25, 0.3) is 0 Å². The van der Waals surface area contributed by atoms with E-state index in [1.807, 2.05) is 20.8 Å². The topological polar surface area (TPSA) is 61.2 Å². The number of carbonyl (C=O) groups excluding carboxylic acids is 2. The van der Waals surface area contributed by atoms with Crippen molar-refractivity contribution in [2.45, 2.75) is 27.3 Å². The summed E-state index contributed by atoms with van der Waals surface area (Å²) in [5.41, 5.74) is 0.0698. The monoisotopic (exact) mass is 332 g/mol. The normalized spacial score (nSPS) is 16.7. The van der Waals surface area contributed by atoms with Crippen LogP contribution >= 0.6 is 11.8 Å². The van der Waals surface area contributed by atoms with E-state index in [9.17, 15) is 14.0 Å². The van der Waals surface area contributed by atoms with Gasteiger partial charge in [0.15, 0.2) is 5.78 Å². The van der Waals surface area contributed by atoms with Gasteiger partial charge in [0.2, 0.25) is 5.91 Å². The maximum atomic E-state index is 13.4. The maximum Gasteiger partial charge on any atom is 0.238 e. The predicted octanol–water partition coefficient (Wildman–Crippen LogP) is 3.23. The van der Waals surface area contributed by atoms with E-state index in [-0.39, 0.29) is 29.6 Å². The fraction of sp³-hybridized carbons (Fsp3) is 0.353. The fourth-order valence-corrected chi connectivity index (χ4v) is 2.91. The van der Waals surface area contributed by atoms with Crippen molar-refractivity contribution in [3.05, 3.63) is 46.2 Å². The molecule has 1 aliphatic rings. The minimum absolute atomic E-state index is 0.0573. The van der Waals surface area contributed by atoms with Gasteiger partial charge >= 0.3 is 0 Å². The van der Waals surface area contributed by atoms with Crippen LogP contribution in [0.5, 0.6) is 0 Å². The summed E-state index contributed by atoms with van der Waals surface area (Å²) in [5, 5.41) is 9.48. The molecule has 0 aliphatic carbocycles. The van der Waals surface area contributed by atoms with Crippen LogP contribution in [0.2, 0.25) is 0 Å². The molecule has 0 N–H and O–H groups in total. The molecular weight excluding hydrogens is 315 g/mol. The lowest BCUT2D eigenvalue weighted by Crippen LogP contribution is -2.26. The number of hydrogen-bond acceptors (Lipinski definition) is 4. The van der Waals surface area contributed by atoms with E-state index in [2.05, 4.69) is 0 Å². The quantitative estimate of drug-likeness (QED) is 0.797. The summed E-state index contributed by atoms with van der Waals surface area (Å²) in [7, 11) is 0. The number of ketones is 1. The van der Waals surface area contributed by atoms with Crippen LogP contribution in [0.3, 0.4) is 0 Å². The number of thioether (sulfide) groups is 1. The number of benzene rings is 1. The zero-order valence-electron chi connectivity index (χ0n) is 13.2. The molecule has 1 aromatic rings. The van der Waals surface area contributed by atoms with Crippen LogP contribution in [0.15, 0.2) is 29.3 Å². The minimum Gasteiger partial charge on any atom is -0.301 e. The van der Waals surface area contributed by atoms with Crippen LogP contribution in [-0.2, 0) is 16.1 Å². The molecule has 0 spiro atoms. The van der Waals surface area contributed by atoms with Crippen LogP contribution in [-0.4, -0.2) is 22.3 Å². The van der Waals surface area contributed by atoms with Gasteiger partial charge in [-0.25, -0.2) is 4.39 Å². The van der Waals surface area contributed by atoms with Crippen LogP contribution < -0.4 is 0 Å². The lowest BCUT2D eigenvalue weighted by molar-refractivity contribution is -0.125. The predicted molar refractivity (Wildman–Crippen MR) is 86.7 cm³/mol. The zero-order valence-corrected chi connectivity index (χ0v) is 14.0. The highest BCUT2D eigenvalue weighted by molar-refractivity contribution is 8.04. The van der Waals surface area contributed by atoms with Gasteiger partial charge in [-0.1, -0.05) is 38.6 Å². The van der Waals surface area contributed by atoms with E-state index < -0.39 is 11.2 Å². The second kappa shape index (κ2) is 6.55. The summed E-state index contributed by atoms with van der Waals surface area (Å²) >= 11 is 1.31. The highest BCUT2D eigenvalue weighted by Crippen LogP contribution is 2.32. The molecule has 0 aromatic heterocycles. The Morgan fingerprint density at radius 3 is 2.78 bits per heavy atom. The Bertz CT molecular complexity index is 729. The molecule has 120 valence electrons. The molecule has 1 heterocycles. The summed E-state index contributed by atoms with van der Waals surface area (Å²) in [6.45, 7) is 5.66. The third kappa shape index (κ3) is 3.99. The third-order valence-electron chi connectivity index (χ3n) is 3.40. The average molecular weight is 332 g/mol. The largest absolute Gasteiger partial charge is 0.301 e. The van der Waals surface area contributed by atoms with Crippen molar-refractivity contribution in [1.29, 1.82) is 5.26 Å². The van der Waals surface area contributed by atoms with Crippen molar-refractivity contribution >= 4 is 23.5 Å². The Morgan fingerprint density at radius 1 is 1.48 bits per heavy atom. The van der Waals surface area contributed by atoms with Crippen molar-refractivity contribution in [3.8, 4) is 6.07 Å². The Kier molecular flexibility index (Phi) is 4.90. The van der Waals surface area contributed by atoms with Crippen molar-refractivity contribution in [2.75, 3.05) is 5.75 Å². The molecular formula is C17H17FN2O2S. The fourth-order valence-electron chi connectivity index (χ4n) is 1.97. The second-order valence-electron chi connectivity index (χ2n) is 6.29. The van der Waals surface area contributed by atoms with Crippen LogP contribution in [0.4, 0.5) is 4.39 Å². The molecule has 1 fully saturated rings. The van der Waals surface area contributed by atoms with E-state index in [0.717, 1.165) is 0 Å². The lowest BCUT2D eigenvalue weighted by atomic mass is 9.91. The molecule has 6 heteroatoms. The highest BCUT2D eigenvalue weighted by Gasteiger charge is 2.29. The first kappa shape index (κ1) is 17.2. The summed E-state index contributed by atoms with van der Waals surface area (Å²) in [6.07, 6.45) is 1.49. The van der Waals surface area contributed by atoms with Crippen LogP contribution in [0.1, 0.15) is 31.9 Å². The van der Waals surface area contributed by atoms with Crippen molar-refractivity contribution in [2.24, 2.45) is 5.41 Å². The number of halogens is 1.